The van der Waals surface area contributed by atoms with Crippen molar-refractivity contribution in [3.05, 3.63) is 69.3 Å². The molecule has 0 heterocycles. The lowest BCUT2D eigenvalue weighted by molar-refractivity contribution is 0.682. The summed E-state index contributed by atoms with van der Waals surface area (Å²) in [6.45, 7) is 10.9. The Morgan fingerprint density at radius 1 is 0.700 bits per heavy atom. The fourth-order valence-electron chi connectivity index (χ4n) is 2.92. The fourth-order valence-corrected chi connectivity index (χ4v) is 2.92. The predicted molar refractivity (Wildman–Crippen MR) is 87.5 cm³/mol. The molecule has 0 aliphatic rings. The van der Waals surface area contributed by atoms with Crippen LogP contribution in [-0.4, -0.2) is 7.05 Å². The van der Waals surface area contributed by atoms with Crippen LogP contribution < -0.4 is 5.32 Å². The SMILES string of the molecule is CNC(c1ccc(C)cc1C)c1cc(C)c(C)cc1C. The van der Waals surface area contributed by atoms with Gasteiger partial charge in [0, 0.05) is 0 Å². The molecular formula is C19H25N. The maximum Gasteiger partial charge on any atom is 0.0579 e. The Balaban J connectivity index is 2.55. The molecular weight excluding hydrogens is 242 g/mol. The van der Waals surface area contributed by atoms with E-state index in [4.69, 9.17) is 0 Å². The first-order chi connectivity index (χ1) is 9.43. The molecule has 0 aliphatic heterocycles. The van der Waals surface area contributed by atoms with E-state index < -0.39 is 0 Å². The zero-order valence-electron chi connectivity index (χ0n) is 13.5. The second kappa shape index (κ2) is 5.80. The van der Waals surface area contributed by atoms with Crippen LogP contribution in [0.5, 0.6) is 0 Å². The molecule has 0 saturated heterocycles. The van der Waals surface area contributed by atoms with E-state index >= 15 is 0 Å². The highest BCUT2D eigenvalue weighted by atomic mass is 14.9. The number of hydrogen-bond donors (Lipinski definition) is 1. The van der Waals surface area contributed by atoms with Crippen molar-refractivity contribution in [2.75, 3.05) is 7.05 Å². The van der Waals surface area contributed by atoms with Gasteiger partial charge in [-0.1, -0.05) is 35.9 Å². The molecule has 1 heteroatoms. The van der Waals surface area contributed by atoms with Gasteiger partial charge in [0.2, 0.25) is 0 Å². The van der Waals surface area contributed by atoms with Crippen LogP contribution in [0.2, 0.25) is 0 Å². The largest absolute Gasteiger partial charge is 0.309 e. The molecule has 0 aliphatic carbocycles. The van der Waals surface area contributed by atoms with Gasteiger partial charge in [0.1, 0.15) is 0 Å². The summed E-state index contributed by atoms with van der Waals surface area (Å²) in [5, 5.41) is 3.48. The average molecular weight is 267 g/mol. The van der Waals surface area contributed by atoms with Crippen molar-refractivity contribution >= 4 is 0 Å². The first-order valence-electron chi connectivity index (χ1n) is 7.26. The van der Waals surface area contributed by atoms with E-state index in [1.807, 2.05) is 7.05 Å². The van der Waals surface area contributed by atoms with E-state index in [-0.39, 0.29) is 6.04 Å². The average Bonchev–Trinajstić information content (AvgIpc) is 2.38. The van der Waals surface area contributed by atoms with Crippen molar-refractivity contribution in [3.8, 4) is 0 Å². The van der Waals surface area contributed by atoms with Crippen LogP contribution in [-0.2, 0) is 0 Å². The first kappa shape index (κ1) is 14.8. The van der Waals surface area contributed by atoms with E-state index in [2.05, 4.69) is 70.3 Å². The minimum Gasteiger partial charge on any atom is -0.309 e. The molecule has 0 aromatic heterocycles. The summed E-state index contributed by atoms with van der Waals surface area (Å²) >= 11 is 0. The zero-order valence-corrected chi connectivity index (χ0v) is 13.5. The molecule has 1 nitrogen and oxygen atoms in total. The van der Waals surface area contributed by atoms with Crippen LogP contribution in [0.25, 0.3) is 0 Å². The lowest BCUT2D eigenvalue weighted by Crippen LogP contribution is -2.20. The Kier molecular flexibility index (Phi) is 4.29. The van der Waals surface area contributed by atoms with E-state index in [1.54, 1.807) is 0 Å². The van der Waals surface area contributed by atoms with Crippen LogP contribution in [0.4, 0.5) is 0 Å². The number of hydrogen-bond acceptors (Lipinski definition) is 1. The van der Waals surface area contributed by atoms with Gasteiger partial charge in [-0.25, -0.2) is 0 Å². The maximum atomic E-state index is 3.48. The maximum absolute atomic E-state index is 3.48. The molecule has 20 heavy (non-hydrogen) atoms. The molecule has 0 amide bonds. The van der Waals surface area contributed by atoms with Gasteiger partial charge in [-0.3, -0.25) is 0 Å². The molecule has 2 rings (SSSR count). The van der Waals surface area contributed by atoms with E-state index in [0.29, 0.717) is 0 Å². The Hall–Kier alpha value is -1.60. The van der Waals surface area contributed by atoms with Crippen molar-refractivity contribution in [2.45, 2.75) is 40.7 Å². The van der Waals surface area contributed by atoms with Crippen LogP contribution >= 0.6 is 0 Å². The highest BCUT2D eigenvalue weighted by Gasteiger charge is 2.17. The van der Waals surface area contributed by atoms with Gasteiger partial charge in [0.25, 0.3) is 0 Å². The minimum absolute atomic E-state index is 0.259. The monoisotopic (exact) mass is 267 g/mol. The molecule has 106 valence electrons. The summed E-state index contributed by atoms with van der Waals surface area (Å²) in [6.07, 6.45) is 0. The summed E-state index contributed by atoms with van der Waals surface area (Å²) in [5.41, 5.74) is 9.48. The van der Waals surface area contributed by atoms with Gasteiger partial charge >= 0.3 is 0 Å². The number of aryl methyl sites for hydroxylation is 5. The number of benzene rings is 2. The number of rotatable bonds is 3. The minimum atomic E-state index is 0.259. The Morgan fingerprint density at radius 2 is 1.30 bits per heavy atom. The van der Waals surface area contributed by atoms with Gasteiger partial charge in [0.05, 0.1) is 6.04 Å². The third kappa shape index (κ3) is 2.78. The number of nitrogens with one attached hydrogen (secondary N) is 1. The molecule has 0 spiro atoms. The summed E-state index contributed by atoms with van der Waals surface area (Å²) in [4.78, 5) is 0. The third-order valence-corrected chi connectivity index (χ3v) is 4.22. The molecule has 0 bridgehead atoms. The second-order valence-corrected chi connectivity index (χ2v) is 5.87. The summed E-state index contributed by atoms with van der Waals surface area (Å²) in [6, 6.07) is 11.6. The van der Waals surface area contributed by atoms with E-state index in [1.165, 1.54) is 38.9 Å². The van der Waals surface area contributed by atoms with Gasteiger partial charge in [-0.05, 0) is 75.0 Å². The van der Waals surface area contributed by atoms with Crippen molar-refractivity contribution in [3.63, 3.8) is 0 Å². The Labute approximate surface area is 123 Å². The summed E-state index contributed by atoms with van der Waals surface area (Å²) < 4.78 is 0. The Bertz CT molecular complexity index is 626. The Morgan fingerprint density at radius 3 is 1.90 bits per heavy atom. The zero-order chi connectivity index (χ0) is 14.9. The van der Waals surface area contributed by atoms with Crippen molar-refractivity contribution < 1.29 is 0 Å². The quantitative estimate of drug-likeness (QED) is 0.861. The molecule has 2 aromatic carbocycles. The van der Waals surface area contributed by atoms with Crippen LogP contribution in [0, 0.1) is 34.6 Å². The molecule has 1 atom stereocenters. The van der Waals surface area contributed by atoms with Crippen LogP contribution in [0.15, 0.2) is 30.3 Å². The van der Waals surface area contributed by atoms with Gasteiger partial charge < -0.3 is 5.32 Å². The molecule has 1 unspecified atom stereocenters. The topological polar surface area (TPSA) is 12.0 Å². The third-order valence-electron chi connectivity index (χ3n) is 4.22. The van der Waals surface area contributed by atoms with Gasteiger partial charge in [0.15, 0.2) is 0 Å². The predicted octanol–water partition coefficient (Wildman–Crippen LogP) is 4.54. The molecule has 0 radical (unpaired) electrons. The summed E-state index contributed by atoms with van der Waals surface area (Å²) in [5.74, 6) is 0. The molecule has 0 fully saturated rings. The van der Waals surface area contributed by atoms with Crippen LogP contribution in [0.3, 0.4) is 0 Å². The van der Waals surface area contributed by atoms with Gasteiger partial charge in [-0.15, -0.1) is 0 Å². The van der Waals surface area contributed by atoms with E-state index in [9.17, 15) is 0 Å². The lowest BCUT2D eigenvalue weighted by Gasteiger charge is -2.23. The van der Waals surface area contributed by atoms with E-state index in [0.717, 1.165) is 0 Å². The fraction of sp³-hybridized carbons (Fsp3) is 0.368. The molecule has 2 aromatic rings. The highest BCUT2D eigenvalue weighted by molar-refractivity contribution is 5.45. The van der Waals surface area contributed by atoms with Crippen molar-refractivity contribution in [1.82, 2.24) is 5.32 Å². The van der Waals surface area contributed by atoms with Crippen LogP contribution in [0.1, 0.15) is 45.0 Å². The van der Waals surface area contributed by atoms with Crippen molar-refractivity contribution in [2.24, 2.45) is 0 Å². The second-order valence-electron chi connectivity index (χ2n) is 5.87. The molecule has 1 N–H and O–H groups in total. The highest BCUT2D eigenvalue weighted by Crippen LogP contribution is 2.29. The van der Waals surface area contributed by atoms with Crippen molar-refractivity contribution in [1.29, 1.82) is 0 Å². The summed E-state index contributed by atoms with van der Waals surface area (Å²) in [7, 11) is 2.04. The standard InChI is InChI=1S/C19H25N/c1-12-7-8-17(15(4)9-12)19(20-6)18-11-14(3)13(2)10-16(18)5/h7-11,19-20H,1-6H3. The smallest absolute Gasteiger partial charge is 0.0579 e. The normalized spacial score (nSPS) is 12.5. The molecule has 0 saturated carbocycles. The lowest BCUT2D eigenvalue weighted by atomic mass is 9.89. The van der Waals surface area contributed by atoms with Gasteiger partial charge in [-0.2, -0.15) is 0 Å². The first-order valence-corrected chi connectivity index (χ1v) is 7.26.